The summed E-state index contributed by atoms with van der Waals surface area (Å²) in [6.45, 7) is 0. The van der Waals surface area contributed by atoms with Crippen molar-refractivity contribution in [2.24, 2.45) is 10.3 Å². The number of benzene rings is 2. The molecule has 3 N–H and O–H groups in total. The van der Waals surface area contributed by atoms with Crippen molar-refractivity contribution in [3.8, 4) is 0 Å². The van der Waals surface area contributed by atoms with E-state index < -0.39 is 11.6 Å². The van der Waals surface area contributed by atoms with Crippen LogP contribution in [0.25, 0.3) is 0 Å². The second-order valence-electron chi connectivity index (χ2n) is 5.87. The molecule has 0 amide bonds. The van der Waals surface area contributed by atoms with Crippen LogP contribution in [-0.4, -0.2) is 32.4 Å². The molecule has 0 bridgehead atoms. The van der Waals surface area contributed by atoms with E-state index >= 15 is 0 Å². The van der Waals surface area contributed by atoms with Crippen LogP contribution >= 0.6 is 11.8 Å². The summed E-state index contributed by atoms with van der Waals surface area (Å²) >= 11 is 1.44. The molecule has 6 nitrogen and oxygen atoms in total. The molecule has 1 unspecified atom stereocenters. The molecule has 0 radical (unpaired) electrons. The molecule has 1 aromatic heterocycles. The van der Waals surface area contributed by atoms with Gasteiger partial charge in [0.1, 0.15) is 21.9 Å². The normalized spacial score (nSPS) is 16.3. The number of rotatable bonds is 5. The Kier molecular flexibility index (Phi) is 4.68. The first-order chi connectivity index (χ1) is 13.1. The van der Waals surface area contributed by atoms with Crippen LogP contribution < -0.4 is 5.73 Å². The highest BCUT2D eigenvalue weighted by Gasteiger charge is 2.38. The highest BCUT2D eigenvalue weighted by Crippen LogP contribution is 2.29. The maximum absolute atomic E-state index is 14.3. The molecule has 9 heteroatoms. The second-order valence-corrected chi connectivity index (χ2v) is 6.91. The lowest BCUT2D eigenvalue weighted by Crippen LogP contribution is -2.30. The maximum Gasteiger partial charge on any atom is 0.235 e. The van der Waals surface area contributed by atoms with Gasteiger partial charge in [-0.1, -0.05) is 42.1 Å². The summed E-state index contributed by atoms with van der Waals surface area (Å²) in [7, 11) is 0. The summed E-state index contributed by atoms with van der Waals surface area (Å²) in [5.41, 5.74) is 7.42. The standard InChI is InChI=1S/C18H14F2N6S/c19-12-6-7-14(13(20)8-12)26-15(10-27-17-9-16(21)22-23-17)18(24-25-26)11-4-2-1-3-5-11/h1-9,15,21,25H,10H2/p+1. The van der Waals surface area contributed by atoms with Gasteiger partial charge in [-0.2, -0.15) is 5.10 Å². The minimum Gasteiger partial charge on any atom is -0.384 e. The monoisotopic (exact) mass is 385 g/mol. The van der Waals surface area contributed by atoms with Crippen LogP contribution in [0.15, 0.2) is 69.9 Å². The minimum atomic E-state index is -0.692. The van der Waals surface area contributed by atoms with Crippen LogP contribution in [0.3, 0.4) is 0 Å². The van der Waals surface area contributed by atoms with Crippen molar-refractivity contribution in [2.45, 2.75) is 11.1 Å². The van der Waals surface area contributed by atoms with Gasteiger partial charge < -0.3 is 5.73 Å². The number of hydrogen-bond donors (Lipinski definition) is 2. The summed E-state index contributed by atoms with van der Waals surface area (Å²) in [5, 5.41) is 15.9. The third-order valence-corrected chi connectivity index (χ3v) is 5.04. The summed E-state index contributed by atoms with van der Waals surface area (Å²) in [5.74, 6) is -0.370. The lowest BCUT2D eigenvalue weighted by molar-refractivity contribution is -0.525. The van der Waals surface area contributed by atoms with Gasteiger partial charge in [-0.15, -0.1) is 4.70 Å². The number of nitrogens with zero attached hydrogens (tertiary/aromatic N) is 4. The van der Waals surface area contributed by atoms with Crippen molar-refractivity contribution >= 4 is 29.0 Å². The Bertz CT molecular complexity index is 1030. The molecule has 0 aliphatic carbocycles. The number of nitrogen functional groups attached to an aromatic ring is 1. The van der Waals surface area contributed by atoms with Gasteiger partial charge in [0.05, 0.1) is 10.9 Å². The molecule has 0 spiro atoms. The van der Waals surface area contributed by atoms with E-state index in [-0.39, 0.29) is 11.7 Å². The van der Waals surface area contributed by atoms with Crippen molar-refractivity contribution in [3.63, 3.8) is 0 Å². The number of nitrogens with two attached hydrogens (primary N) is 1. The largest absolute Gasteiger partial charge is 0.384 e. The first kappa shape index (κ1) is 17.3. The number of nitrogens with one attached hydrogen (secondary N) is 1. The van der Waals surface area contributed by atoms with Gasteiger partial charge in [0.15, 0.2) is 11.5 Å². The van der Waals surface area contributed by atoms with Crippen molar-refractivity contribution in [3.05, 3.63) is 71.8 Å². The number of thioether (sulfide) groups is 1. The van der Waals surface area contributed by atoms with Crippen LogP contribution in [0, 0.1) is 11.6 Å². The quantitative estimate of drug-likeness (QED) is 0.515. The highest BCUT2D eigenvalue weighted by molar-refractivity contribution is 7.99. The Hall–Kier alpha value is -3.07. The fraction of sp³-hybridized carbons (Fsp3) is 0.111. The van der Waals surface area contributed by atoms with Gasteiger partial charge in [0, 0.05) is 17.7 Å². The third kappa shape index (κ3) is 3.59. The molecule has 1 aliphatic heterocycles. The molecular formula is C18H15F2N6S+. The first-order valence-electron chi connectivity index (χ1n) is 8.14. The van der Waals surface area contributed by atoms with Crippen molar-refractivity contribution in [1.82, 2.24) is 10.2 Å². The van der Waals surface area contributed by atoms with Gasteiger partial charge in [-0.05, 0) is 12.1 Å². The zero-order valence-corrected chi connectivity index (χ0v) is 14.8. The Morgan fingerprint density at radius 2 is 1.93 bits per heavy atom. The van der Waals surface area contributed by atoms with E-state index in [9.17, 15) is 8.78 Å². The number of hydrogen-bond acceptors (Lipinski definition) is 5. The van der Waals surface area contributed by atoms with E-state index in [2.05, 4.69) is 20.5 Å². The Morgan fingerprint density at radius 3 is 2.63 bits per heavy atom. The van der Waals surface area contributed by atoms with E-state index in [1.165, 1.54) is 28.6 Å². The topological polar surface area (TPSA) is 82.4 Å². The SMILES string of the molecule is Nc1cc(SCC2C(c3ccccc3)=NN=[N+]2c2ccc(F)cc2F)n[nH]1. The molecule has 136 valence electrons. The third-order valence-electron chi connectivity index (χ3n) is 4.05. The van der Waals surface area contributed by atoms with Gasteiger partial charge in [0.2, 0.25) is 11.8 Å². The summed E-state index contributed by atoms with van der Waals surface area (Å²) < 4.78 is 29.1. The molecule has 0 fully saturated rings. The molecule has 4 rings (SSSR count). The molecule has 2 aromatic carbocycles. The zero-order valence-electron chi connectivity index (χ0n) is 14.0. The number of anilines is 1. The minimum absolute atomic E-state index is 0.165. The fourth-order valence-electron chi connectivity index (χ4n) is 2.79. The molecule has 2 heterocycles. The maximum atomic E-state index is 14.3. The fourth-order valence-corrected chi connectivity index (χ4v) is 3.74. The molecule has 1 aliphatic rings. The van der Waals surface area contributed by atoms with E-state index in [0.717, 1.165) is 11.6 Å². The Labute approximate surface area is 157 Å². The molecule has 0 saturated carbocycles. The van der Waals surface area contributed by atoms with E-state index in [0.29, 0.717) is 22.3 Å². The van der Waals surface area contributed by atoms with Gasteiger partial charge in [0.25, 0.3) is 0 Å². The summed E-state index contributed by atoms with van der Waals surface area (Å²) in [6.07, 6.45) is 0. The average molecular weight is 385 g/mol. The predicted octanol–water partition coefficient (Wildman–Crippen LogP) is 3.95. The zero-order chi connectivity index (χ0) is 18.8. The van der Waals surface area contributed by atoms with Crippen LogP contribution in [0.2, 0.25) is 0 Å². The number of H-pyrrole nitrogens is 1. The number of halogens is 2. The molecule has 0 saturated heterocycles. The molecule has 3 aromatic rings. The van der Waals surface area contributed by atoms with Crippen LogP contribution in [-0.2, 0) is 0 Å². The van der Waals surface area contributed by atoms with E-state index in [4.69, 9.17) is 5.73 Å². The van der Waals surface area contributed by atoms with E-state index in [1.54, 1.807) is 6.07 Å². The van der Waals surface area contributed by atoms with Crippen molar-refractivity contribution in [1.29, 1.82) is 0 Å². The van der Waals surface area contributed by atoms with Crippen LogP contribution in [0.1, 0.15) is 5.56 Å². The number of aromatic nitrogens is 2. The Morgan fingerprint density at radius 1 is 1.11 bits per heavy atom. The lowest BCUT2D eigenvalue weighted by Gasteiger charge is -2.11. The highest BCUT2D eigenvalue weighted by atomic mass is 32.2. The molecular weight excluding hydrogens is 370 g/mol. The smallest absolute Gasteiger partial charge is 0.235 e. The van der Waals surface area contributed by atoms with Crippen LogP contribution in [0.5, 0.6) is 0 Å². The summed E-state index contributed by atoms with van der Waals surface area (Å²) in [6, 6.07) is 14.3. The van der Waals surface area contributed by atoms with E-state index in [1.807, 2.05) is 30.3 Å². The Balaban J connectivity index is 1.66. The van der Waals surface area contributed by atoms with Crippen LogP contribution in [0.4, 0.5) is 20.3 Å². The van der Waals surface area contributed by atoms with Gasteiger partial charge in [-0.3, -0.25) is 5.10 Å². The average Bonchev–Trinajstić information content (AvgIpc) is 3.27. The van der Waals surface area contributed by atoms with Crippen molar-refractivity contribution < 1.29 is 13.5 Å². The number of aromatic amines is 1. The molecule has 27 heavy (non-hydrogen) atoms. The van der Waals surface area contributed by atoms with Gasteiger partial charge in [-0.25, -0.2) is 8.78 Å². The lowest BCUT2D eigenvalue weighted by atomic mass is 10.0. The predicted molar refractivity (Wildman–Crippen MR) is 99.2 cm³/mol. The molecule has 1 atom stereocenters. The van der Waals surface area contributed by atoms with Gasteiger partial charge >= 0.3 is 0 Å². The van der Waals surface area contributed by atoms with Crippen molar-refractivity contribution in [2.75, 3.05) is 11.5 Å². The first-order valence-corrected chi connectivity index (χ1v) is 9.12. The second kappa shape index (κ2) is 7.28. The summed E-state index contributed by atoms with van der Waals surface area (Å²) in [4.78, 5) is 0.